The number of rotatable bonds is 12. The van der Waals surface area contributed by atoms with E-state index in [1.165, 1.54) is 6.21 Å². The first-order valence-corrected chi connectivity index (χ1v) is 20.6. The molecule has 11 nitrogen and oxygen atoms in total. The highest BCUT2D eigenvalue weighted by Crippen LogP contribution is 2.62. The highest BCUT2D eigenvalue weighted by molar-refractivity contribution is 6.76. The molecule has 2 aromatic carbocycles. The average molecular weight is 705 g/mol. The minimum absolute atomic E-state index is 0.0489. The highest BCUT2D eigenvalue weighted by Gasteiger charge is 2.57. The number of ether oxygens (including phenoxy) is 2. The zero-order valence-electron chi connectivity index (χ0n) is 29.2. The molecule has 2 atom stereocenters. The minimum atomic E-state index is -1.20. The average Bonchev–Trinajstić information content (AvgIpc) is 3.55. The molecule has 1 aliphatic carbocycles. The van der Waals surface area contributed by atoms with E-state index in [1.54, 1.807) is 19.1 Å². The van der Waals surface area contributed by atoms with Gasteiger partial charge in [0.15, 0.2) is 17.3 Å². The van der Waals surface area contributed by atoms with E-state index in [9.17, 15) is 18.4 Å². The second-order valence-corrected chi connectivity index (χ2v) is 20.0. The number of nitrogens with zero attached hydrogens (tertiary/aromatic N) is 5. The lowest BCUT2D eigenvalue weighted by Gasteiger charge is -2.37. The Morgan fingerprint density at radius 3 is 2.54 bits per heavy atom. The minimum Gasteiger partial charge on any atom is -0.493 e. The van der Waals surface area contributed by atoms with Gasteiger partial charge in [0.05, 0.1) is 18.2 Å². The van der Waals surface area contributed by atoms with Gasteiger partial charge in [0, 0.05) is 60.8 Å². The van der Waals surface area contributed by atoms with Crippen LogP contribution in [0.4, 0.5) is 14.5 Å². The van der Waals surface area contributed by atoms with Gasteiger partial charge in [-0.1, -0.05) is 43.9 Å². The number of hydrogen-bond acceptors (Lipinski definition) is 8. The Morgan fingerprint density at radius 1 is 1.14 bits per heavy atom. The van der Waals surface area contributed by atoms with Crippen molar-refractivity contribution in [1.29, 1.82) is 0 Å². The summed E-state index contributed by atoms with van der Waals surface area (Å²) >= 11 is 0. The molecule has 2 aliphatic rings. The SMILES string of the molecule is CCc1nonc1C(=O)/N=C\C(C(=O)Nc1ccc(-c2c(C)nn(COCC[Si](C)(C)C)c2C)cc1)C1c2cc(F)c(F)cc2OCC12CC2. The molecule has 1 aliphatic heterocycles. The summed E-state index contributed by atoms with van der Waals surface area (Å²) in [6, 6.07) is 10.6. The van der Waals surface area contributed by atoms with Crippen LogP contribution < -0.4 is 10.1 Å². The van der Waals surface area contributed by atoms with Gasteiger partial charge < -0.3 is 14.8 Å². The van der Waals surface area contributed by atoms with Crippen molar-refractivity contribution in [3.05, 3.63) is 76.4 Å². The quantitative estimate of drug-likeness (QED) is 0.0936. The Balaban J connectivity index is 1.26. The number of hydrogen-bond donors (Lipinski definition) is 1. The molecule has 14 heteroatoms. The molecule has 6 rings (SSSR count). The zero-order valence-corrected chi connectivity index (χ0v) is 30.2. The van der Waals surface area contributed by atoms with Crippen LogP contribution in [0.3, 0.4) is 0 Å². The molecule has 2 aromatic heterocycles. The van der Waals surface area contributed by atoms with Crippen molar-refractivity contribution < 1.29 is 32.5 Å². The van der Waals surface area contributed by atoms with E-state index in [0.717, 1.165) is 40.7 Å². The molecule has 3 heterocycles. The van der Waals surface area contributed by atoms with Gasteiger partial charge in [-0.05, 0) is 68.1 Å². The van der Waals surface area contributed by atoms with Crippen LogP contribution in [0.15, 0.2) is 46.0 Å². The molecule has 264 valence electrons. The van der Waals surface area contributed by atoms with Gasteiger partial charge in [-0.3, -0.25) is 9.59 Å². The van der Waals surface area contributed by atoms with Crippen LogP contribution in [0, 0.1) is 36.8 Å². The number of nitrogens with one attached hydrogen (secondary N) is 1. The number of halogens is 2. The fourth-order valence-corrected chi connectivity index (χ4v) is 7.33. The Morgan fingerprint density at radius 2 is 1.86 bits per heavy atom. The number of aliphatic imine (C=N–C) groups is 1. The first-order chi connectivity index (χ1) is 23.8. The van der Waals surface area contributed by atoms with E-state index in [0.29, 0.717) is 49.5 Å². The fourth-order valence-electron chi connectivity index (χ4n) is 6.57. The molecule has 2 unspecified atom stereocenters. The summed E-state index contributed by atoms with van der Waals surface area (Å²) in [5, 5.41) is 15.1. The summed E-state index contributed by atoms with van der Waals surface area (Å²) in [7, 11) is -1.20. The summed E-state index contributed by atoms with van der Waals surface area (Å²) in [4.78, 5) is 31.4. The van der Waals surface area contributed by atoms with E-state index in [1.807, 2.05) is 30.7 Å². The molecule has 0 radical (unpaired) electrons. The van der Waals surface area contributed by atoms with Crippen LogP contribution in [0.2, 0.25) is 25.7 Å². The van der Waals surface area contributed by atoms with Crippen molar-refractivity contribution in [3.63, 3.8) is 0 Å². The maximum absolute atomic E-state index is 14.6. The molecule has 1 spiro atoms. The van der Waals surface area contributed by atoms with E-state index in [4.69, 9.17) is 19.2 Å². The predicted molar refractivity (Wildman–Crippen MR) is 186 cm³/mol. The first kappa shape index (κ1) is 35.3. The summed E-state index contributed by atoms with van der Waals surface area (Å²) in [6.45, 7) is 14.0. The van der Waals surface area contributed by atoms with Crippen LogP contribution in [0.25, 0.3) is 11.1 Å². The number of aromatic nitrogens is 4. The number of carbonyl (C=O) groups excluding carboxylic acids is 2. The van der Waals surface area contributed by atoms with Gasteiger partial charge in [-0.15, -0.1) is 0 Å². The van der Waals surface area contributed by atoms with Crippen molar-refractivity contribution in [1.82, 2.24) is 20.1 Å². The lowest BCUT2D eigenvalue weighted by atomic mass is 9.73. The monoisotopic (exact) mass is 704 g/mol. The number of aryl methyl sites for hydroxylation is 2. The van der Waals surface area contributed by atoms with Crippen molar-refractivity contribution in [2.24, 2.45) is 16.3 Å². The number of amides is 2. The molecule has 50 heavy (non-hydrogen) atoms. The van der Waals surface area contributed by atoms with Crippen LogP contribution in [-0.2, 0) is 22.7 Å². The van der Waals surface area contributed by atoms with E-state index >= 15 is 0 Å². The van der Waals surface area contributed by atoms with Gasteiger partial charge in [-0.2, -0.15) is 5.10 Å². The van der Waals surface area contributed by atoms with Gasteiger partial charge in [-0.25, -0.2) is 23.1 Å². The Kier molecular flexibility index (Phi) is 9.86. The molecule has 2 amide bonds. The Bertz CT molecular complexity index is 1930. The highest BCUT2D eigenvalue weighted by atomic mass is 28.3. The Labute approximate surface area is 290 Å². The van der Waals surface area contributed by atoms with Crippen molar-refractivity contribution in [3.8, 4) is 16.9 Å². The van der Waals surface area contributed by atoms with Crippen molar-refractivity contribution in [2.75, 3.05) is 18.5 Å². The topological polar surface area (TPSA) is 134 Å². The third kappa shape index (κ3) is 7.31. The second-order valence-electron chi connectivity index (χ2n) is 14.4. The number of benzene rings is 2. The second kappa shape index (κ2) is 14.0. The van der Waals surface area contributed by atoms with Gasteiger partial charge in [0.25, 0.3) is 0 Å². The third-order valence-electron chi connectivity index (χ3n) is 9.60. The maximum Gasteiger partial charge on any atom is 0.300 e. The third-order valence-corrected chi connectivity index (χ3v) is 11.3. The van der Waals surface area contributed by atoms with Crippen LogP contribution in [0.1, 0.15) is 58.8 Å². The summed E-state index contributed by atoms with van der Waals surface area (Å²) in [5.74, 6) is -4.80. The molecular formula is C36H42F2N6O5Si. The Hall–Kier alpha value is -4.56. The number of anilines is 1. The van der Waals surface area contributed by atoms with Gasteiger partial charge in [0.2, 0.25) is 5.91 Å². The largest absolute Gasteiger partial charge is 0.493 e. The molecule has 0 saturated heterocycles. The normalized spacial score (nSPS) is 17.1. The van der Waals surface area contributed by atoms with Crippen LogP contribution in [-0.4, -0.2) is 59.4 Å². The maximum atomic E-state index is 14.6. The standard InChI is InChI=1S/C36H42F2N6O5Si/c1-7-29-33(43-49-42-29)35(46)39-18-26(32-25-16-27(37)28(38)17-30(25)48-19-36(32)12-13-36)34(45)40-24-10-8-23(9-11-24)31-21(2)41-44(22(31)3)20-47-14-15-50(4,5)6/h8-11,16-18,26,32H,7,12-15,19-20H2,1-6H3,(H,40,45)/b39-18-. The summed E-state index contributed by atoms with van der Waals surface area (Å²) in [6.07, 6.45) is 3.08. The predicted octanol–water partition coefficient (Wildman–Crippen LogP) is 7.13. The summed E-state index contributed by atoms with van der Waals surface area (Å²) in [5.41, 5.74) is 4.39. The van der Waals surface area contributed by atoms with Gasteiger partial charge >= 0.3 is 5.91 Å². The fraction of sp³-hybridized carbons (Fsp3) is 0.444. The molecule has 1 saturated carbocycles. The van der Waals surface area contributed by atoms with Crippen LogP contribution >= 0.6 is 0 Å². The van der Waals surface area contributed by atoms with E-state index in [2.05, 4.69) is 40.3 Å². The number of fused-ring (bicyclic) bond motifs is 1. The number of carbonyl (C=O) groups is 2. The smallest absolute Gasteiger partial charge is 0.300 e. The van der Waals surface area contributed by atoms with Crippen molar-refractivity contribution >= 4 is 31.8 Å². The summed E-state index contributed by atoms with van der Waals surface area (Å²) < 4.78 is 47.3. The molecule has 1 fully saturated rings. The first-order valence-electron chi connectivity index (χ1n) is 16.8. The van der Waals surface area contributed by atoms with E-state index < -0.39 is 48.8 Å². The zero-order chi connectivity index (χ0) is 35.8. The lowest BCUT2D eigenvalue weighted by molar-refractivity contribution is -0.119. The lowest BCUT2D eigenvalue weighted by Crippen LogP contribution is -2.39. The molecule has 4 aromatic rings. The van der Waals surface area contributed by atoms with Gasteiger partial charge in [0.1, 0.15) is 18.2 Å². The van der Waals surface area contributed by atoms with E-state index in [-0.39, 0.29) is 18.1 Å². The van der Waals surface area contributed by atoms with Crippen molar-refractivity contribution in [2.45, 2.75) is 78.4 Å². The molecule has 0 bridgehead atoms. The molecule has 1 N–H and O–H groups in total. The van der Waals surface area contributed by atoms with Crippen LogP contribution in [0.5, 0.6) is 5.75 Å². The molecular weight excluding hydrogens is 663 g/mol.